The van der Waals surface area contributed by atoms with Gasteiger partial charge < -0.3 is 14.9 Å². The van der Waals surface area contributed by atoms with Crippen LogP contribution in [0.4, 0.5) is 0 Å². The Bertz CT molecular complexity index is 717. The van der Waals surface area contributed by atoms with Crippen LogP contribution in [-0.2, 0) is 14.3 Å². The number of fused-ring (bicyclic) bond motifs is 5. The Labute approximate surface area is 173 Å². The largest absolute Gasteiger partial charge is 0.445 e. The maximum Gasteiger partial charge on any atom is 0.304 e. The summed E-state index contributed by atoms with van der Waals surface area (Å²) in [7, 11) is 0. The summed E-state index contributed by atoms with van der Waals surface area (Å²) in [5.41, 5.74) is 0.565. The minimum absolute atomic E-state index is 0.111. The van der Waals surface area contributed by atoms with E-state index in [2.05, 4.69) is 12.8 Å². The van der Waals surface area contributed by atoms with E-state index >= 15 is 0 Å². The van der Waals surface area contributed by atoms with Gasteiger partial charge in [-0.05, 0) is 74.7 Å². The van der Waals surface area contributed by atoms with Gasteiger partial charge in [-0.15, -0.1) is 6.42 Å². The molecule has 5 heteroatoms. The number of esters is 1. The van der Waals surface area contributed by atoms with Gasteiger partial charge in [0.25, 0.3) is 0 Å². The molecule has 29 heavy (non-hydrogen) atoms. The van der Waals surface area contributed by atoms with Crippen LogP contribution < -0.4 is 0 Å². The monoisotopic (exact) mass is 402 g/mol. The third-order valence-corrected chi connectivity index (χ3v) is 8.07. The van der Waals surface area contributed by atoms with Crippen molar-refractivity contribution in [2.24, 2.45) is 29.1 Å². The first-order valence-corrected chi connectivity index (χ1v) is 10.9. The Kier molecular flexibility index (Phi) is 6.55. The van der Waals surface area contributed by atoms with Crippen LogP contribution >= 0.6 is 0 Å². The highest BCUT2D eigenvalue weighted by Gasteiger charge is 2.64. The summed E-state index contributed by atoms with van der Waals surface area (Å²) < 4.78 is 5.79. The molecular weight excluding hydrogens is 368 g/mol. The van der Waals surface area contributed by atoms with Gasteiger partial charge in [-0.25, -0.2) is 0 Å². The van der Waals surface area contributed by atoms with Crippen LogP contribution in [0.3, 0.4) is 0 Å². The van der Waals surface area contributed by atoms with E-state index < -0.39 is 5.60 Å². The summed E-state index contributed by atoms with van der Waals surface area (Å²) in [5.74, 6) is 5.41. The minimum Gasteiger partial charge on any atom is -0.445 e. The van der Waals surface area contributed by atoms with Crippen LogP contribution in [-0.4, -0.2) is 40.8 Å². The van der Waals surface area contributed by atoms with E-state index in [4.69, 9.17) is 21.4 Å². The van der Waals surface area contributed by atoms with Gasteiger partial charge in [0, 0.05) is 18.8 Å². The zero-order valence-corrected chi connectivity index (χ0v) is 17.7. The van der Waals surface area contributed by atoms with Gasteiger partial charge in [0.2, 0.25) is 0 Å². The molecule has 0 spiro atoms. The molecule has 0 aliphatic heterocycles. The standard InChI is InChI=1S/C22H28O3.C2H6O2/c1-4-22(25-14(2)23)12-10-20-19-7-5-15-13-16(24)6-8-17(15)18(19)9-11-21(20,22)3;3-1-2-4/h1,13,17-20H,5-12H2,2-3H3;3-4H,1-2H2/t17-,18+,19+,20-,21-,22-;/m0./s1. The Morgan fingerprint density at radius 3 is 2.52 bits per heavy atom. The second kappa shape index (κ2) is 8.62. The zero-order chi connectivity index (χ0) is 21.2. The van der Waals surface area contributed by atoms with Gasteiger partial charge in [-0.2, -0.15) is 0 Å². The number of hydrogen-bond donors (Lipinski definition) is 2. The van der Waals surface area contributed by atoms with Crippen LogP contribution in [0.5, 0.6) is 0 Å². The highest BCUT2D eigenvalue weighted by Crippen LogP contribution is 2.65. The number of rotatable bonds is 2. The smallest absolute Gasteiger partial charge is 0.304 e. The van der Waals surface area contributed by atoms with Crippen LogP contribution in [0.15, 0.2) is 11.6 Å². The van der Waals surface area contributed by atoms with Crippen molar-refractivity contribution >= 4 is 11.8 Å². The molecule has 0 amide bonds. The Balaban J connectivity index is 0.000000552. The number of allylic oxidation sites excluding steroid dienone is 1. The van der Waals surface area contributed by atoms with Crippen molar-refractivity contribution in [1.29, 1.82) is 0 Å². The molecule has 0 aromatic carbocycles. The highest BCUT2D eigenvalue weighted by atomic mass is 16.6. The van der Waals surface area contributed by atoms with Gasteiger partial charge in [-0.1, -0.05) is 18.4 Å². The van der Waals surface area contributed by atoms with Crippen molar-refractivity contribution in [2.45, 2.75) is 70.8 Å². The van der Waals surface area contributed by atoms with Gasteiger partial charge in [0.15, 0.2) is 11.4 Å². The van der Waals surface area contributed by atoms with Crippen molar-refractivity contribution in [2.75, 3.05) is 13.2 Å². The number of carbonyl (C=O) groups excluding carboxylic acids is 2. The number of carbonyl (C=O) groups is 2. The molecule has 0 heterocycles. The van der Waals surface area contributed by atoms with Gasteiger partial charge in [0.1, 0.15) is 0 Å². The molecule has 0 aromatic rings. The number of ketones is 1. The molecular formula is C24H34O5. The zero-order valence-electron chi connectivity index (χ0n) is 17.7. The topological polar surface area (TPSA) is 83.8 Å². The summed E-state index contributed by atoms with van der Waals surface area (Å²) in [6.07, 6.45) is 15.8. The molecule has 0 saturated heterocycles. The van der Waals surface area contributed by atoms with E-state index in [9.17, 15) is 9.59 Å². The van der Waals surface area contributed by atoms with Crippen molar-refractivity contribution in [3.8, 4) is 12.3 Å². The van der Waals surface area contributed by atoms with Crippen LogP contribution in [0.2, 0.25) is 0 Å². The van der Waals surface area contributed by atoms with Crippen LogP contribution in [0, 0.1) is 41.4 Å². The van der Waals surface area contributed by atoms with Crippen molar-refractivity contribution < 1.29 is 24.5 Å². The first-order valence-electron chi connectivity index (χ1n) is 10.9. The predicted molar refractivity (Wildman–Crippen MR) is 110 cm³/mol. The average molecular weight is 403 g/mol. The lowest BCUT2D eigenvalue weighted by molar-refractivity contribution is -0.167. The molecule has 160 valence electrons. The number of aliphatic hydroxyl groups excluding tert-OH is 2. The summed E-state index contributed by atoms with van der Waals surface area (Å²) >= 11 is 0. The van der Waals surface area contributed by atoms with E-state index in [0.717, 1.165) is 44.9 Å². The molecule has 4 rings (SSSR count). The molecule has 0 bridgehead atoms. The lowest BCUT2D eigenvalue weighted by atomic mass is 9.50. The Hall–Kier alpha value is -1.64. The summed E-state index contributed by atoms with van der Waals surface area (Å²) in [5, 5.41) is 15.2. The fraction of sp³-hybridized carbons (Fsp3) is 0.750. The van der Waals surface area contributed by atoms with Crippen molar-refractivity contribution in [1.82, 2.24) is 0 Å². The van der Waals surface area contributed by atoms with Crippen LogP contribution in [0.1, 0.15) is 65.2 Å². The molecule has 2 N–H and O–H groups in total. The molecule has 3 fully saturated rings. The fourth-order valence-electron chi connectivity index (χ4n) is 6.86. The normalized spacial score (nSPS) is 40.2. The molecule has 5 nitrogen and oxygen atoms in total. The summed E-state index contributed by atoms with van der Waals surface area (Å²) in [6.45, 7) is 3.48. The Morgan fingerprint density at radius 2 is 1.90 bits per heavy atom. The number of hydrogen-bond acceptors (Lipinski definition) is 5. The summed E-state index contributed by atoms with van der Waals surface area (Å²) in [6, 6.07) is 0. The molecule has 4 aliphatic rings. The minimum atomic E-state index is -0.729. The molecule has 4 aliphatic carbocycles. The van der Waals surface area contributed by atoms with E-state index in [1.54, 1.807) is 0 Å². The quantitative estimate of drug-likeness (QED) is 0.548. The fourth-order valence-corrected chi connectivity index (χ4v) is 6.86. The molecule has 0 unspecified atom stereocenters. The van der Waals surface area contributed by atoms with E-state index in [1.165, 1.54) is 12.5 Å². The highest BCUT2D eigenvalue weighted by molar-refractivity contribution is 5.91. The predicted octanol–water partition coefficient (Wildman–Crippen LogP) is 3.03. The van der Waals surface area contributed by atoms with Gasteiger partial charge >= 0.3 is 5.97 Å². The third-order valence-electron chi connectivity index (χ3n) is 8.07. The van der Waals surface area contributed by atoms with Gasteiger partial charge in [0.05, 0.1) is 13.2 Å². The average Bonchev–Trinajstić information content (AvgIpc) is 3.00. The molecule has 3 saturated carbocycles. The van der Waals surface area contributed by atoms with E-state index in [-0.39, 0.29) is 24.6 Å². The van der Waals surface area contributed by atoms with Gasteiger partial charge in [-0.3, -0.25) is 9.59 Å². The van der Waals surface area contributed by atoms with Crippen molar-refractivity contribution in [3.63, 3.8) is 0 Å². The molecule has 0 radical (unpaired) electrons. The SMILES string of the molecule is C#C[C@]1(OC(C)=O)CC[C@H]2[C@@H]3CCC4=CC(=O)CC[C@@H]4[C@H]3CC[C@@]21C.OCCO. The second-order valence-corrected chi connectivity index (χ2v) is 9.31. The Morgan fingerprint density at radius 1 is 1.17 bits per heavy atom. The van der Waals surface area contributed by atoms with Crippen LogP contribution in [0.25, 0.3) is 0 Å². The first kappa shape index (κ1) is 22.1. The van der Waals surface area contributed by atoms with E-state index in [1.807, 2.05) is 6.08 Å². The molecule has 6 atom stereocenters. The van der Waals surface area contributed by atoms with E-state index in [0.29, 0.717) is 35.9 Å². The maximum absolute atomic E-state index is 11.8. The number of terminal acetylenes is 1. The molecule has 0 aromatic heterocycles. The second-order valence-electron chi connectivity index (χ2n) is 9.31. The number of ether oxygens (including phenoxy) is 1. The first-order chi connectivity index (χ1) is 13.8. The third kappa shape index (κ3) is 3.78. The van der Waals surface area contributed by atoms with Crippen molar-refractivity contribution in [3.05, 3.63) is 11.6 Å². The summed E-state index contributed by atoms with van der Waals surface area (Å²) in [4.78, 5) is 23.5. The maximum atomic E-state index is 11.8. The number of aliphatic hydroxyl groups is 2. The lowest BCUT2D eigenvalue weighted by Crippen LogP contribution is -2.53. The lowest BCUT2D eigenvalue weighted by Gasteiger charge is -2.55.